The van der Waals surface area contributed by atoms with Crippen LogP contribution in [0.4, 0.5) is 5.69 Å². The second-order valence-corrected chi connectivity index (χ2v) is 8.03. The number of hydrogen-bond acceptors (Lipinski definition) is 4. The molecule has 1 fully saturated rings. The number of halogens is 1. The molecule has 4 aromatic rings. The molecule has 0 unspecified atom stereocenters. The van der Waals surface area contributed by atoms with E-state index in [0.29, 0.717) is 6.04 Å². The van der Waals surface area contributed by atoms with Gasteiger partial charge < -0.3 is 10.3 Å². The van der Waals surface area contributed by atoms with Crippen LogP contribution < -0.4 is 5.32 Å². The maximum Gasteiger partial charge on any atom is 0.139 e. The predicted octanol–water partition coefficient (Wildman–Crippen LogP) is 4.68. The number of piperidine rings is 1. The molecule has 0 amide bonds. The first-order valence-electron chi connectivity index (χ1n) is 9.95. The van der Waals surface area contributed by atoms with Gasteiger partial charge in [0.2, 0.25) is 0 Å². The number of fused-ring (bicyclic) bond motifs is 1. The Bertz CT molecular complexity index is 1100. The Morgan fingerprint density at radius 2 is 2.07 bits per heavy atom. The first kappa shape index (κ1) is 18.2. The normalized spacial score (nSPS) is 15.8. The second kappa shape index (κ2) is 7.89. The third kappa shape index (κ3) is 3.86. The smallest absolute Gasteiger partial charge is 0.139 e. The van der Waals surface area contributed by atoms with Crippen molar-refractivity contribution in [2.75, 3.05) is 18.4 Å². The monoisotopic (exact) mass is 406 g/mol. The van der Waals surface area contributed by atoms with E-state index in [-0.39, 0.29) is 0 Å². The standard InChI is InChI=1S/C22H23ClN6/c23-17-3-1-2-15(10-17)14-29-8-5-18(6-9-29)28-21-19-4-7-24-22(19)25-13-20(21)16-11-26-27-12-16/h1-4,7,10-13,18H,5-6,8-9,14H2,(H,26,27)(H2,24,25,28). The molecule has 1 aromatic carbocycles. The zero-order valence-electron chi connectivity index (χ0n) is 16.0. The Hall–Kier alpha value is -2.83. The molecule has 3 aromatic heterocycles. The van der Waals surface area contributed by atoms with Crippen LogP contribution in [0.25, 0.3) is 22.2 Å². The van der Waals surface area contributed by atoms with Crippen LogP contribution in [0.5, 0.6) is 0 Å². The fourth-order valence-electron chi connectivity index (χ4n) is 4.11. The minimum atomic E-state index is 0.428. The average molecular weight is 407 g/mol. The van der Waals surface area contributed by atoms with Gasteiger partial charge in [-0.3, -0.25) is 10.00 Å². The van der Waals surface area contributed by atoms with Crippen molar-refractivity contribution in [3.8, 4) is 11.1 Å². The van der Waals surface area contributed by atoms with Crippen molar-refractivity contribution in [1.82, 2.24) is 25.1 Å². The maximum atomic E-state index is 6.13. The van der Waals surface area contributed by atoms with E-state index in [2.05, 4.69) is 48.6 Å². The van der Waals surface area contributed by atoms with Crippen molar-refractivity contribution in [1.29, 1.82) is 0 Å². The quantitative estimate of drug-likeness (QED) is 0.450. The van der Waals surface area contributed by atoms with Gasteiger partial charge in [0.15, 0.2) is 0 Å². The highest BCUT2D eigenvalue weighted by molar-refractivity contribution is 6.30. The average Bonchev–Trinajstić information content (AvgIpc) is 3.42. The summed E-state index contributed by atoms with van der Waals surface area (Å²) in [4.78, 5) is 10.3. The number of anilines is 1. The summed E-state index contributed by atoms with van der Waals surface area (Å²) < 4.78 is 0. The van der Waals surface area contributed by atoms with Gasteiger partial charge in [-0.1, -0.05) is 23.7 Å². The molecule has 1 aliphatic heterocycles. The minimum absolute atomic E-state index is 0.428. The third-order valence-corrected chi connectivity index (χ3v) is 5.86. The number of hydrogen-bond donors (Lipinski definition) is 3. The highest BCUT2D eigenvalue weighted by Gasteiger charge is 2.22. The number of rotatable bonds is 5. The van der Waals surface area contributed by atoms with Crippen LogP contribution in [-0.2, 0) is 6.54 Å². The molecule has 6 nitrogen and oxygen atoms in total. The molecule has 0 saturated carbocycles. The molecule has 0 radical (unpaired) electrons. The lowest BCUT2D eigenvalue weighted by molar-refractivity contribution is 0.211. The van der Waals surface area contributed by atoms with E-state index in [0.717, 1.165) is 65.3 Å². The Balaban J connectivity index is 1.31. The molecular formula is C22H23ClN6. The fourth-order valence-corrected chi connectivity index (χ4v) is 4.33. The van der Waals surface area contributed by atoms with Gasteiger partial charge in [0.1, 0.15) is 5.65 Å². The fraction of sp³-hybridized carbons (Fsp3) is 0.273. The van der Waals surface area contributed by atoms with Crippen LogP contribution in [0.1, 0.15) is 18.4 Å². The van der Waals surface area contributed by atoms with Gasteiger partial charge in [-0.05, 0) is 36.6 Å². The lowest BCUT2D eigenvalue weighted by Gasteiger charge is -2.33. The summed E-state index contributed by atoms with van der Waals surface area (Å²) in [5.41, 5.74) is 5.42. The number of likely N-dealkylation sites (tertiary alicyclic amines) is 1. The molecule has 4 heterocycles. The van der Waals surface area contributed by atoms with E-state index in [9.17, 15) is 0 Å². The molecule has 148 valence electrons. The number of pyridine rings is 1. The van der Waals surface area contributed by atoms with Crippen LogP contribution in [0.2, 0.25) is 5.02 Å². The minimum Gasteiger partial charge on any atom is -0.381 e. The molecule has 0 aliphatic carbocycles. The van der Waals surface area contributed by atoms with Gasteiger partial charge >= 0.3 is 0 Å². The van der Waals surface area contributed by atoms with Crippen LogP contribution in [0.3, 0.4) is 0 Å². The number of aromatic nitrogens is 4. The summed E-state index contributed by atoms with van der Waals surface area (Å²) in [6.07, 6.45) is 9.80. The van der Waals surface area contributed by atoms with E-state index in [1.165, 1.54) is 5.56 Å². The lowest BCUT2D eigenvalue weighted by atomic mass is 10.0. The van der Waals surface area contributed by atoms with Crippen LogP contribution in [-0.4, -0.2) is 44.2 Å². The number of nitrogens with zero attached hydrogens (tertiary/aromatic N) is 3. The van der Waals surface area contributed by atoms with E-state index < -0.39 is 0 Å². The summed E-state index contributed by atoms with van der Waals surface area (Å²) in [7, 11) is 0. The Morgan fingerprint density at radius 1 is 1.17 bits per heavy atom. The molecule has 1 aliphatic rings. The number of aromatic amines is 2. The zero-order chi connectivity index (χ0) is 19.6. The predicted molar refractivity (Wildman–Crippen MR) is 117 cm³/mol. The lowest BCUT2D eigenvalue weighted by Crippen LogP contribution is -2.38. The van der Waals surface area contributed by atoms with Crippen molar-refractivity contribution in [3.05, 3.63) is 65.7 Å². The first-order chi connectivity index (χ1) is 14.3. The van der Waals surface area contributed by atoms with Crippen LogP contribution >= 0.6 is 11.6 Å². The summed E-state index contributed by atoms with van der Waals surface area (Å²) in [6.45, 7) is 3.07. The number of nitrogens with one attached hydrogen (secondary N) is 3. The summed E-state index contributed by atoms with van der Waals surface area (Å²) >= 11 is 6.13. The molecule has 1 saturated heterocycles. The van der Waals surface area contributed by atoms with Crippen molar-refractivity contribution in [3.63, 3.8) is 0 Å². The Labute approximate surface area is 174 Å². The molecule has 0 bridgehead atoms. The largest absolute Gasteiger partial charge is 0.381 e. The van der Waals surface area contributed by atoms with Gasteiger partial charge in [-0.25, -0.2) is 4.98 Å². The first-order valence-corrected chi connectivity index (χ1v) is 10.3. The van der Waals surface area contributed by atoms with Gasteiger partial charge in [-0.2, -0.15) is 5.10 Å². The van der Waals surface area contributed by atoms with Crippen LogP contribution in [0, 0.1) is 0 Å². The van der Waals surface area contributed by atoms with Crippen molar-refractivity contribution >= 4 is 28.3 Å². The van der Waals surface area contributed by atoms with E-state index >= 15 is 0 Å². The van der Waals surface area contributed by atoms with Gasteiger partial charge in [0.25, 0.3) is 0 Å². The number of benzene rings is 1. The van der Waals surface area contributed by atoms with Gasteiger partial charge in [0.05, 0.1) is 11.9 Å². The topological polar surface area (TPSA) is 72.6 Å². The SMILES string of the molecule is Clc1cccc(CN2CCC(Nc3c(-c4cn[nH]c4)cnc4[nH]ccc34)CC2)c1. The van der Waals surface area contributed by atoms with Crippen molar-refractivity contribution in [2.45, 2.75) is 25.4 Å². The Morgan fingerprint density at radius 3 is 2.86 bits per heavy atom. The van der Waals surface area contributed by atoms with E-state index in [1.54, 1.807) is 0 Å². The van der Waals surface area contributed by atoms with Crippen molar-refractivity contribution in [2.24, 2.45) is 0 Å². The van der Waals surface area contributed by atoms with E-state index in [4.69, 9.17) is 11.6 Å². The summed E-state index contributed by atoms with van der Waals surface area (Å²) in [5.74, 6) is 0. The molecule has 0 spiro atoms. The summed E-state index contributed by atoms with van der Waals surface area (Å²) in [5, 5.41) is 12.7. The molecule has 29 heavy (non-hydrogen) atoms. The molecular weight excluding hydrogens is 384 g/mol. The van der Waals surface area contributed by atoms with Crippen molar-refractivity contribution < 1.29 is 0 Å². The molecule has 0 atom stereocenters. The second-order valence-electron chi connectivity index (χ2n) is 7.60. The molecule has 7 heteroatoms. The summed E-state index contributed by atoms with van der Waals surface area (Å²) in [6, 6.07) is 10.7. The molecule has 3 N–H and O–H groups in total. The highest BCUT2D eigenvalue weighted by Crippen LogP contribution is 2.34. The van der Waals surface area contributed by atoms with Gasteiger partial charge in [0, 0.05) is 65.8 Å². The molecule has 5 rings (SSSR count). The van der Waals surface area contributed by atoms with Crippen LogP contribution in [0.15, 0.2) is 55.1 Å². The third-order valence-electron chi connectivity index (χ3n) is 5.63. The van der Waals surface area contributed by atoms with E-state index in [1.807, 2.05) is 36.9 Å². The number of H-pyrrole nitrogens is 2. The van der Waals surface area contributed by atoms with Gasteiger partial charge in [-0.15, -0.1) is 0 Å². The zero-order valence-corrected chi connectivity index (χ0v) is 16.8. The Kier molecular flexibility index (Phi) is 4.96. The highest BCUT2D eigenvalue weighted by atomic mass is 35.5. The maximum absolute atomic E-state index is 6.13.